The van der Waals surface area contributed by atoms with Gasteiger partial charge in [0.05, 0.1) is 0 Å². The van der Waals surface area contributed by atoms with Crippen LogP contribution in [0.2, 0.25) is 0 Å². The number of piperidine rings is 1. The number of hydroxylamine groups is 4. The molecule has 3 heteroatoms. The maximum Gasteiger partial charge on any atom is 0.116 e. The number of quaternary nitrogens is 1. The van der Waals surface area contributed by atoms with E-state index in [-0.39, 0.29) is 6.04 Å². The van der Waals surface area contributed by atoms with Crippen molar-refractivity contribution in [3.8, 4) is 0 Å². The monoisotopic (exact) mass is 131 g/mol. The molecule has 54 valence electrons. The Morgan fingerprint density at radius 2 is 2.22 bits per heavy atom. The van der Waals surface area contributed by atoms with Crippen molar-refractivity contribution in [3.63, 3.8) is 0 Å². The van der Waals surface area contributed by atoms with E-state index in [9.17, 15) is 5.21 Å². The topological polar surface area (TPSA) is 43.3 Å². The lowest BCUT2D eigenvalue weighted by Gasteiger charge is -2.42. The van der Waals surface area contributed by atoms with Gasteiger partial charge in [-0.3, -0.25) is 0 Å². The van der Waals surface area contributed by atoms with Crippen LogP contribution in [0.5, 0.6) is 0 Å². The van der Waals surface area contributed by atoms with Crippen molar-refractivity contribution in [3.05, 3.63) is 5.21 Å². The molecule has 2 atom stereocenters. The van der Waals surface area contributed by atoms with E-state index in [0.29, 0.717) is 6.54 Å². The normalized spacial score (nSPS) is 45.0. The van der Waals surface area contributed by atoms with Crippen LogP contribution >= 0.6 is 0 Å². The lowest BCUT2D eigenvalue weighted by atomic mass is 10.1. The summed E-state index contributed by atoms with van der Waals surface area (Å²) < 4.78 is 0. The van der Waals surface area contributed by atoms with Gasteiger partial charge >= 0.3 is 0 Å². The van der Waals surface area contributed by atoms with E-state index in [1.54, 1.807) is 6.92 Å². The molecule has 3 nitrogen and oxygen atoms in total. The first-order valence-electron chi connectivity index (χ1n) is 3.44. The molecule has 0 amide bonds. The molecule has 0 bridgehead atoms. The van der Waals surface area contributed by atoms with Crippen LogP contribution in [-0.4, -0.2) is 22.6 Å². The van der Waals surface area contributed by atoms with E-state index in [0.717, 1.165) is 19.3 Å². The zero-order valence-corrected chi connectivity index (χ0v) is 5.71. The van der Waals surface area contributed by atoms with Crippen molar-refractivity contribution >= 4 is 0 Å². The summed E-state index contributed by atoms with van der Waals surface area (Å²) in [6, 6.07) is -0.112. The average Bonchev–Trinajstić information content (AvgIpc) is 1.77. The van der Waals surface area contributed by atoms with Crippen LogP contribution in [0.4, 0.5) is 0 Å². The Morgan fingerprint density at radius 1 is 1.56 bits per heavy atom. The highest BCUT2D eigenvalue weighted by atomic mass is 16.8. The van der Waals surface area contributed by atoms with Crippen molar-refractivity contribution in [2.24, 2.45) is 0 Å². The minimum atomic E-state index is -1.01. The van der Waals surface area contributed by atoms with Gasteiger partial charge in [-0.15, -0.1) is 0 Å². The minimum Gasteiger partial charge on any atom is -0.598 e. The van der Waals surface area contributed by atoms with E-state index < -0.39 is 4.81 Å². The molecule has 1 N–H and O–H groups in total. The minimum absolute atomic E-state index is 0.112. The van der Waals surface area contributed by atoms with Gasteiger partial charge in [0.2, 0.25) is 0 Å². The Labute approximate surface area is 55.0 Å². The summed E-state index contributed by atoms with van der Waals surface area (Å²) in [7, 11) is 0. The number of rotatable bonds is 0. The van der Waals surface area contributed by atoms with Crippen LogP contribution in [0, 0.1) is 5.21 Å². The Bertz CT molecular complexity index is 103. The van der Waals surface area contributed by atoms with Gasteiger partial charge in [0.25, 0.3) is 0 Å². The Balaban J connectivity index is 2.49. The lowest BCUT2D eigenvalue weighted by Crippen LogP contribution is -2.49. The Kier molecular flexibility index (Phi) is 1.75. The second kappa shape index (κ2) is 2.25. The first-order valence-corrected chi connectivity index (χ1v) is 3.44. The van der Waals surface area contributed by atoms with Gasteiger partial charge in [-0.1, -0.05) is 0 Å². The summed E-state index contributed by atoms with van der Waals surface area (Å²) in [5, 5.41) is 20.0. The maximum atomic E-state index is 10.9. The average molecular weight is 131 g/mol. The van der Waals surface area contributed by atoms with E-state index >= 15 is 0 Å². The molecular weight excluding hydrogens is 118 g/mol. The molecule has 0 aromatic heterocycles. The summed E-state index contributed by atoms with van der Waals surface area (Å²) in [4.78, 5) is -1.01. The van der Waals surface area contributed by atoms with Crippen LogP contribution in [0.25, 0.3) is 0 Å². The van der Waals surface area contributed by atoms with Crippen molar-refractivity contribution in [2.45, 2.75) is 32.2 Å². The van der Waals surface area contributed by atoms with Crippen molar-refractivity contribution in [1.29, 1.82) is 0 Å². The highest BCUT2D eigenvalue weighted by molar-refractivity contribution is 4.57. The van der Waals surface area contributed by atoms with Crippen LogP contribution in [0.3, 0.4) is 0 Å². The van der Waals surface area contributed by atoms with Crippen molar-refractivity contribution < 1.29 is 10.0 Å². The molecule has 0 aliphatic carbocycles. The van der Waals surface area contributed by atoms with E-state index in [1.807, 2.05) is 0 Å². The molecule has 1 rings (SSSR count). The van der Waals surface area contributed by atoms with Crippen molar-refractivity contribution in [2.75, 3.05) is 6.54 Å². The number of nitrogens with zero attached hydrogens (tertiary/aromatic N) is 1. The quantitative estimate of drug-likeness (QED) is 0.397. The van der Waals surface area contributed by atoms with Crippen LogP contribution < -0.4 is 0 Å². The Morgan fingerprint density at radius 3 is 2.56 bits per heavy atom. The summed E-state index contributed by atoms with van der Waals surface area (Å²) in [5.41, 5.74) is 0. The van der Waals surface area contributed by atoms with Gasteiger partial charge < -0.3 is 5.21 Å². The number of hydrogen-bond acceptors (Lipinski definition) is 2. The molecule has 9 heavy (non-hydrogen) atoms. The number of hydrogen-bond donors (Lipinski definition) is 1. The SMILES string of the molecule is CC1CCCC[N+]1([O-])O. The lowest BCUT2D eigenvalue weighted by molar-refractivity contribution is -1.08. The van der Waals surface area contributed by atoms with Crippen LogP contribution in [0.1, 0.15) is 26.2 Å². The third-order valence-electron chi connectivity index (χ3n) is 2.04. The van der Waals surface area contributed by atoms with Gasteiger partial charge in [0.15, 0.2) is 0 Å². The van der Waals surface area contributed by atoms with Gasteiger partial charge in [0, 0.05) is 6.42 Å². The molecule has 1 heterocycles. The van der Waals surface area contributed by atoms with E-state index in [4.69, 9.17) is 5.21 Å². The van der Waals surface area contributed by atoms with Crippen molar-refractivity contribution in [1.82, 2.24) is 0 Å². The van der Waals surface area contributed by atoms with Gasteiger partial charge in [-0.25, -0.2) is 10.0 Å². The van der Waals surface area contributed by atoms with E-state index in [1.165, 1.54) is 0 Å². The molecule has 1 fully saturated rings. The second-order valence-electron chi connectivity index (χ2n) is 2.82. The molecule has 0 radical (unpaired) electrons. The standard InChI is InChI=1S/C6H13NO2/c1-6-4-2-3-5-7(6,8)9/h6,8H,2-5H2,1H3. The van der Waals surface area contributed by atoms with Gasteiger partial charge in [-0.05, 0) is 19.8 Å². The van der Waals surface area contributed by atoms with Crippen LogP contribution in [0.15, 0.2) is 0 Å². The van der Waals surface area contributed by atoms with E-state index in [2.05, 4.69) is 0 Å². The fourth-order valence-electron chi connectivity index (χ4n) is 1.20. The zero-order valence-electron chi connectivity index (χ0n) is 5.71. The van der Waals surface area contributed by atoms with Crippen LogP contribution in [-0.2, 0) is 0 Å². The predicted molar refractivity (Wildman–Crippen MR) is 33.6 cm³/mol. The summed E-state index contributed by atoms with van der Waals surface area (Å²) in [5.74, 6) is 0. The molecule has 0 spiro atoms. The molecule has 0 aromatic rings. The third-order valence-corrected chi connectivity index (χ3v) is 2.04. The first-order chi connectivity index (χ1) is 4.13. The molecule has 1 aliphatic rings. The highest BCUT2D eigenvalue weighted by Gasteiger charge is 2.26. The Hall–Kier alpha value is -0.120. The predicted octanol–water partition coefficient (Wildman–Crippen LogP) is 1.26. The fraction of sp³-hybridized carbons (Fsp3) is 1.00. The highest BCUT2D eigenvalue weighted by Crippen LogP contribution is 2.20. The van der Waals surface area contributed by atoms with Gasteiger partial charge in [-0.2, -0.15) is 0 Å². The smallest absolute Gasteiger partial charge is 0.116 e. The summed E-state index contributed by atoms with van der Waals surface area (Å²) in [6.45, 7) is 2.17. The molecule has 0 saturated carbocycles. The molecular formula is C6H13NO2. The molecule has 1 aliphatic heterocycles. The fourth-order valence-corrected chi connectivity index (χ4v) is 1.20. The molecule has 0 aromatic carbocycles. The summed E-state index contributed by atoms with van der Waals surface area (Å²) in [6.07, 6.45) is 2.81. The molecule has 1 saturated heterocycles. The first kappa shape index (κ1) is 6.99. The largest absolute Gasteiger partial charge is 0.598 e. The third kappa shape index (κ3) is 1.41. The maximum absolute atomic E-state index is 10.9. The zero-order chi connectivity index (χ0) is 6.91. The summed E-state index contributed by atoms with van der Waals surface area (Å²) >= 11 is 0. The molecule has 2 unspecified atom stereocenters. The van der Waals surface area contributed by atoms with Gasteiger partial charge in [0.1, 0.15) is 12.6 Å². The second-order valence-corrected chi connectivity index (χ2v) is 2.82.